The first-order chi connectivity index (χ1) is 6.04. The summed E-state index contributed by atoms with van der Waals surface area (Å²) in [5.74, 6) is 0. The van der Waals surface area contributed by atoms with E-state index < -0.39 is 6.10 Å². The van der Waals surface area contributed by atoms with Gasteiger partial charge in [0.05, 0.1) is 12.1 Å². The number of aliphatic hydroxyl groups is 1. The Kier molecular flexibility index (Phi) is 3.07. The summed E-state index contributed by atoms with van der Waals surface area (Å²) in [7, 11) is 0. The molecule has 0 fully saturated rings. The van der Waals surface area contributed by atoms with E-state index >= 15 is 0 Å². The Morgan fingerprint density at radius 3 is 2.08 bits per heavy atom. The van der Waals surface area contributed by atoms with Crippen molar-refractivity contribution in [2.45, 2.75) is 32.9 Å². The summed E-state index contributed by atoms with van der Waals surface area (Å²) in [6.45, 7) is 5.76. The van der Waals surface area contributed by atoms with Gasteiger partial charge in [-0.15, -0.1) is 0 Å². The molecule has 0 aromatic heterocycles. The monoisotopic (exact) mass is 179 g/mol. The molecule has 3 N–H and O–H groups in total. The van der Waals surface area contributed by atoms with Crippen LogP contribution in [0.25, 0.3) is 0 Å². The Hall–Kier alpha value is -0.860. The van der Waals surface area contributed by atoms with Crippen LogP contribution in [0.1, 0.15) is 29.7 Å². The second kappa shape index (κ2) is 3.90. The van der Waals surface area contributed by atoms with Crippen molar-refractivity contribution in [3.8, 4) is 0 Å². The lowest BCUT2D eigenvalue weighted by atomic mass is 9.94. The average Bonchev–Trinajstić information content (AvgIpc) is 2.03. The molecule has 72 valence electrons. The first-order valence-electron chi connectivity index (χ1n) is 4.53. The van der Waals surface area contributed by atoms with Crippen molar-refractivity contribution in [2.24, 2.45) is 5.73 Å². The first-order valence-corrected chi connectivity index (χ1v) is 4.53. The van der Waals surface area contributed by atoms with Gasteiger partial charge in [-0.25, -0.2) is 0 Å². The molecular weight excluding hydrogens is 162 g/mol. The molecule has 0 aliphatic heterocycles. The van der Waals surface area contributed by atoms with Crippen molar-refractivity contribution in [1.29, 1.82) is 0 Å². The molecule has 1 rings (SSSR count). The number of rotatable bonds is 2. The van der Waals surface area contributed by atoms with Gasteiger partial charge in [-0.1, -0.05) is 18.2 Å². The van der Waals surface area contributed by atoms with Gasteiger partial charge in [0.2, 0.25) is 0 Å². The second-order valence-corrected chi connectivity index (χ2v) is 3.57. The smallest absolute Gasteiger partial charge is 0.0704 e. The van der Waals surface area contributed by atoms with Crippen LogP contribution in [-0.4, -0.2) is 11.2 Å². The van der Waals surface area contributed by atoms with E-state index in [-0.39, 0.29) is 6.04 Å². The van der Waals surface area contributed by atoms with Crippen molar-refractivity contribution < 1.29 is 5.11 Å². The fourth-order valence-corrected chi connectivity index (χ4v) is 1.59. The third kappa shape index (κ3) is 2.08. The maximum Gasteiger partial charge on any atom is 0.0704 e. The molecule has 0 saturated heterocycles. The van der Waals surface area contributed by atoms with Crippen LogP contribution in [-0.2, 0) is 0 Å². The van der Waals surface area contributed by atoms with Crippen molar-refractivity contribution >= 4 is 0 Å². The predicted molar refractivity (Wildman–Crippen MR) is 54.5 cm³/mol. The highest BCUT2D eigenvalue weighted by atomic mass is 16.3. The van der Waals surface area contributed by atoms with Gasteiger partial charge in [-0.2, -0.15) is 0 Å². The number of hydrogen-bond donors (Lipinski definition) is 2. The van der Waals surface area contributed by atoms with Crippen LogP contribution in [0.3, 0.4) is 0 Å². The van der Waals surface area contributed by atoms with E-state index in [1.807, 2.05) is 32.0 Å². The van der Waals surface area contributed by atoms with Crippen LogP contribution in [0, 0.1) is 13.8 Å². The Morgan fingerprint density at radius 1 is 1.23 bits per heavy atom. The molecule has 0 saturated carbocycles. The molecule has 0 amide bonds. The average molecular weight is 179 g/mol. The van der Waals surface area contributed by atoms with Gasteiger partial charge in [0.15, 0.2) is 0 Å². The molecule has 1 unspecified atom stereocenters. The van der Waals surface area contributed by atoms with Crippen molar-refractivity contribution in [3.63, 3.8) is 0 Å². The molecule has 2 atom stereocenters. The molecule has 2 heteroatoms. The second-order valence-electron chi connectivity index (χ2n) is 3.57. The summed E-state index contributed by atoms with van der Waals surface area (Å²) in [4.78, 5) is 0. The Balaban J connectivity index is 3.12. The normalized spacial score (nSPS) is 15.5. The fourth-order valence-electron chi connectivity index (χ4n) is 1.59. The minimum atomic E-state index is -0.500. The Bertz CT molecular complexity index is 274. The summed E-state index contributed by atoms with van der Waals surface area (Å²) in [6, 6.07) is 5.76. The molecule has 0 heterocycles. The molecule has 0 aliphatic rings. The molecule has 0 radical (unpaired) electrons. The molecular formula is C11H17NO. The first kappa shape index (κ1) is 10.2. The molecule has 0 spiro atoms. The summed E-state index contributed by atoms with van der Waals surface area (Å²) < 4.78 is 0. The van der Waals surface area contributed by atoms with Crippen LogP contribution in [0.15, 0.2) is 18.2 Å². The number of nitrogens with two attached hydrogens (primary N) is 1. The van der Waals surface area contributed by atoms with Crippen LogP contribution in [0.2, 0.25) is 0 Å². The SMILES string of the molecule is Cc1cccc(C)c1[C@@H](N)C(C)O. The van der Waals surface area contributed by atoms with Gasteiger partial charge in [-0.05, 0) is 37.5 Å². The molecule has 0 bridgehead atoms. The maximum atomic E-state index is 9.40. The lowest BCUT2D eigenvalue weighted by Crippen LogP contribution is -2.24. The van der Waals surface area contributed by atoms with Crippen molar-refractivity contribution in [3.05, 3.63) is 34.9 Å². The summed E-state index contributed by atoms with van der Waals surface area (Å²) >= 11 is 0. The number of aryl methyl sites for hydroxylation is 2. The van der Waals surface area contributed by atoms with E-state index in [0.717, 1.165) is 16.7 Å². The van der Waals surface area contributed by atoms with Crippen molar-refractivity contribution in [2.75, 3.05) is 0 Å². The van der Waals surface area contributed by atoms with Gasteiger partial charge in [-0.3, -0.25) is 0 Å². The highest BCUT2D eigenvalue weighted by Crippen LogP contribution is 2.22. The van der Waals surface area contributed by atoms with E-state index in [0.29, 0.717) is 0 Å². The minimum Gasteiger partial charge on any atom is -0.391 e. The minimum absolute atomic E-state index is 0.277. The van der Waals surface area contributed by atoms with Gasteiger partial charge in [0.1, 0.15) is 0 Å². The van der Waals surface area contributed by atoms with Crippen LogP contribution in [0.5, 0.6) is 0 Å². The predicted octanol–water partition coefficient (Wildman–Crippen LogP) is 1.68. The van der Waals surface area contributed by atoms with E-state index in [1.165, 1.54) is 0 Å². The largest absolute Gasteiger partial charge is 0.391 e. The van der Waals surface area contributed by atoms with Crippen LogP contribution < -0.4 is 5.73 Å². The molecule has 0 aliphatic carbocycles. The highest BCUT2D eigenvalue weighted by molar-refractivity contribution is 5.36. The zero-order valence-electron chi connectivity index (χ0n) is 8.41. The molecule has 2 nitrogen and oxygen atoms in total. The van der Waals surface area contributed by atoms with Gasteiger partial charge < -0.3 is 10.8 Å². The van der Waals surface area contributed by atoms with E-state index in [9.17, 15) is 5.11 Å². The van der Waals surface area contributed by atoms with Gasteiger partial charge in [0, 0.05) is 0 Å². The standard InChI is InChI=1S/C11H17NO/c1-7-5-4-6-8(2)10(7)11(12)9(3)13/h4-6,9,11,13H,12H2,1-3H3/t9?,11-/m0/s1. The zero-order chi connectivity index (χ0) is 10.0. The molecule has 1 aromatic carbocycles. The summed E-state index contributed by atoms with van der Waals surface area (Å²) in [5.41, 5.74) is 9.25. The lowest BCUT2D eigenvalue weighted by molar-refractivity contribution is 0.163. The third-order valence-electron chi connectivity index (χ3n) is 2.40. The number of aliphatic hydroxyl groups excluding tert-OH is 1. The molecule has 13 heavy (non-hydrogen) atoms. The van der Waals surface area contributed by atoms with E-state index in [2.05, 4.69) is 0 Å². The van der Waals surface area contributed by atoms with Gasteiger partial charge >= 0.3 is 0 Å². The fraction of sp³-hybridized carbons (Fsp3) is 0.455. The summed E-state index contributed by atoms with van der Waals surface area (Å²) in [6.07, 6.45) is -0.500. The zero-order valence-corrected chi connectivity index (χ0v) is 8.41. The van der Waals surface area contributed by atoms with E-state index in [4.69, 9.17) is 5.73 Å². The van der Waals surface area contributed by atoms with Gasteiger partial charge in [0.25, 0.3) is 0 Å². The molecule has 1 aromatic rings. The van der Waals surface area contributed by atoms with Crippen LogP contribution >= 0.6 is 0 Å². The highest BCUT2D eigenvalue weighted by Gasteiger charge is 2.15. The maximum absolute atomic E-state index is 9.40. The Labute approximate surface area is 79.4 Å². The topological polar surface area (TPSA) is 46.2 Å². The summed E-state index contributed by atoms with van der Waals surface area (Å²) in [5, 5.41) is 9.40. The number of hydrogen-bond acceptors (Lipinski definition) is 2. The quantitative estimate of drug-likeness (QED) is 0.725. The third-order valence-corrected chi connectivity index (χ3v) is 2.40. The number of benzene rings is 1. The lowest BCUT2D eigenvalue weighted by Gasteiger charge is -2.19. The van der Waals surface area contributed by atoms with E-state index in [1.54, 1.807) is 6.92 Å². The van der Waals surface area contributed by atoms with Crippen molar-refractivity contribution in [1.82, 2.24) is 0 Å². The Morgan fingerprint density at radius 2 is 1.69 bits per heavy atom. The van der Waals surface area contributed by atoms with Crippen LogP contribution in [0.4, 0.5) is 0 Å².